The summed E-state index contributed by atoms with van der Waals surface area (Å²) in [5.74, 6) is -0.369. The molecule has 0 fully saturated rings. The fourth-order valence-corrected chi connectivity index (χ4v) is 3.33. The van der Waals surface area contributed by atoms with E-state index in [1.807, 2.05) is 24.4 Å². The number of halogens is 3. The summed E-state index contributed by atoms with van der Waals surface area (Å²) in [6.45, 7) is 2.11. The van der Waals surface area contributed by atoms with E-state index in [4.69, 9.17) is 0 Å². The number of hydrogen-bond donors (Lipinski definition) is 2. The smallest absolute Gasteiger partial charge is 0.361 e. The Bertz CT molecular complexity index is 1210. The number of aryl methyl sites for hydroxylation is 1. The van der Waals surface area contributed by atoms with Crippen LogP contribution in [0.5, 0.6) is 0 Å². The van der Waals surface area contributed by atoms with Crippen LogP contribution in [0.3, 0.4) is 0 Å². The van der Waals surface area contributed by atoms with Gasteiger partial charge in [-0.2, -0.15) is 18.3 Å². The number of carbonyl (C=O) groups excluding carboxylic acids is 1. The Balaban J connectivity index is 1.44. The monoisotopic (exact) mass is 412 g/mol. The molecule has 0 saturated heterocycles. The van der Waals surface area contributed by atoms with E-state index < -0.39 is 11.7 Å². The zero-order chi connectivity index (χ0) is 21.3. The van der Waals surface area contributed by atoms with E-state index in [0.717, 1.165) is 28.6 Å². The quantitative estimate of drug-likeness (QED) is 0.501. The molecule has 154 valence electrons. The van der Waals surface area contributed by atoms with Crippen molar-refractivity contribution in [3.63, 3.8) is 0 Å². The maximum atomic E-state index is 13.0. The number of H-pyrrole nitrogens is 1. The number of aromatic nitrogens is 3. The number of alkyl halides is 3. The van der Waals surface area contributed by atoms with E-state index in [-0.39, 0.29) is 17.3 Å². The first-order valence-corrected chi connectivity index (χ1v) is 9.40. The fourth-order valence-electron chi connectivity index (χ4n) is 3.33. The Hall–Kier alpha value is -3.55. The van der Waals surface area contributed by atoms with Gasteiger partial charge in [0.15, 0.2) is 5.69 Å². The van der Waals surface area contributed by atoms with Gasteiger partial charge in [0, 0.05) is 24.0 Å². The Morgan fingerprint density at radius 3 is 2.77 bits per heavy atom. The normalized spacial score (nSPS) is 11.7. The topological polar surface area (TPSA) is 62.7 Å². The number of carbonyl (C=O) groups is 1. The van der Waals surface area contributed by atoms with Gasteiger partial charge in [-0.25, -0.2) is 4.68 Å². The number of fused-ring (bicyclic) bond motifs is 1. The molecule has 2 aromatic heterocycles. The van der Waals surface area contributed by atoms with E-state index in [1.165, 1.54) is 16.8 Å². The number of benzene rings is 2. The molecule has 30 heavy (non-hydrogen) atoms. The predicted molar refractivity (Wildman–Crippen MR) is 108 cm³/mol. The van der Waals surface area contributed by atoms with Crippen molar-refractivity contribution >= 4 is 16.8 Å². The zero-order valence-electron chi connectivity index (χ0n) is 16.1. The standard InChI is InChI=1S/C22H19F3N4O/c1-14-11-20(28-29(14)18-4-2-3-17(13-18)22(23,24)25)21(30)27-9-7-15-5-6-19-16(12-15)8-10-26-19/h2-6,8,10-13,26H,7,9H2,1H3,(H,27,30). The minimum absolute atomic E-state index is 0.158. The summed E-state index contributed by atoms with van der Waals surface area (Å²) in [5, 5.41) is 8.12. The van der Waals surface area contributed by atoms with E-state index in [1.54, 1.807) is 13.0 Å². The molecule has 2 N–H and O–H groups in total. The number of rotatable bonds is 5. The first-order chi connectivity index (χ1) is 14.3. The van der Waals surface area contributed by atoms with Crippen molar-refractivity contribution in [1.82, 2.24) is 20.1 Å². The van der Waals surface area contributed by atoms with Gasteiger partial charge in [-0.1, -0.05) is 12.1 Å². The predicted octanol–water partition coefficient (Wildman–Crippen LogP) is 4.65. The van der Waals surface area contributed by atoms with E-state index in [9.17, 15) is 18.0 Å². The van der Waals surface area contributed by atoms with Gasteiger partial charge in [-0.3, -0.25) is 4.79 Å². The second-order valence-electron chi connectivity index (χ2n) is 7.04. The van der Waals surface area contributed by atoms with Crippen molar-refractivity contribution in [2.24, 2.45) is 0 Å². The molecular weight excluding hydrogens is 393 g/mol. The molecule has 8 heteroatoms. The fraction of sp³-hybridized carbons (Fsp3) is 0.182. The highest BCUT2D eigenvalue weighted by Gasteiger charge is 2.30. The number of nitrogens with one attached hydrogen (secondary N) is 2. The molecular formula is C22H19F3N4O. The summed E-state index contributed by atoms with van der Waals surface area (Å²) in [6.07, 6.45) is -1.92. The second-order valence-corrected chi connectivity index (χ2v) is 7.04. The van der Waals surface area contributed by atoms with E-state index in [0.29, 0.717) is 18.7 Å². The van der Waals surface area contributed by atoms with Gasteiger partial charge >= 0.3 is 6.18 Å². The van der Waals surface area contributed by atoms with Crippen LogP contribution in [0.15, 0.2) is 60.8 Å². The highest BCUT2D eigenvalue weighted by atomic mass is 19.4. The lowest BCUT2D eigenvalue weighted by molar-refractivity contribution is -0.137. The molecule has 4 rings (SSSR count). The van der Waals surface area contributed by atoms with Crippen LogP contribution in [-0.2, 0) is 12.6 Å². The SMILES string of the molecule is Cc1cc(C(=O)NCCc2ccc3[nH]ccc3c2)nn1-c1cccc(C(F)(F)F)c1. The highest BCUT2D eigenvalue weighted by molar-refractivity contribution is 5.92. The summed E-state index contributed by atoms with van der Waals surface area (Å²) in [6, 6.07) is 14.4. The number of aromatic amines is 1. The van der Waals surface area contributed by atoms with Crippen molar-refractivity contribution in [2.75, 3.05) is 6.54 Å². The van der Waals surface area contributed by atoms with Crippen molar-refractivity contribution in [2.45, 2.75) is 19.5 Å². The lowest BCUT2D eigenvalue weighted by Gasteiger charge is -2.09. The van der Waals surface area contributed by atoms with E-state index in [2.05, 4.69) is 21.5 Å². The zero-order valence-corrected chi connectivity index (χ0v) is 16.1. The largest absolute Gasteiger partial charge is 0.416 e. The maximum Gasteiger partial charge on any atom is 0.416 e. The van der Waals surface area contributed by atoms with Gasteiger partial charge in [-0.05, 0) is 66.8 Å². The second kappa shape index (κ2) is 7.70. The van der Waals surface area contributed by atoms with Crippen LogP contribution in [-0.4, -0.2) is 27.2 Å². The average Bonchev–Trinajstić information content (AvgIpc) is 3.33. The van der Waals surface area contributed by atoms with Crippen molar-refractivity contribution in [3.8, 4) is 5.69 Å². The van der Waals surface area contributed by atoms with Crippen molar-refractivity contribution in [1.29, 1.82) is 0 Å². The molecule has 4 aromatic rings. The Labute approximate surface area is 170 Å². The molecule has 0 unspecified atom stereocenters. The Morgan fingerprint density at radius 2 is 1.97 bits per heavy atom. The first kappa shape index (κ1) is 19.8. The number of amides is 1. The number of hydrogen-bond acceptors (Lipinski definition) is 2. The molecule has 0 aliphatic rings. The third kappa shape index (κ3) is 4.07. The van der Waals surface area contributed by atoms with Crippen LogP contribution in [0, 0.1) is 6.92 Å². The van der Waals surface area contributed by atoms with E-state index >= 15 is 0 Å². The minimum atomic E-state index is -4.44. The van der Waals surface area contributed by atoms with Gasteiger partial charge in [0.1, 0.15) is 0 Å². The van der Waals surface area contributed by atoms with Crippen LogP contribution < -0.4 is 5.32 Å². The molecule has 2 heterocycles. The molecule has 0 aliphatic heterocycles. The highest BCUT2D eigenvalue weighted by Crippen LogP contribution is 2.30. The summed E-state index contributed by atoms with van der Waals surface area (Å²) in [4.78, 5) is 15.6. The van der Waals surface area contributed by atoms with Crippen LogP contribution in [0.4, 0.5) is 13.2 Å². The average molecular weight is 412 g/mol. The molecule has 0 atom stereocenters. The first-order valence-electron chi connectivity index (χ1n) is 9.40. The van der Waals surface area contributed by atoms with Crippen LogP contribution in [0.25, 0.3) is 16.6 Å². The van der Waals surface area contributed by atoms with Gasteiger partial charge in [-0.15, -0.1) is 0 Å². The Kier molecular flexibility index (Phi) is 5.07. The minimum Gasteiger partial charge on any atom is -0.361 e. The Morgan fingerprint density at radius 1 is 1.13 bits per heavy atom. The molecule has 2 aromatic carbocycles. The third-order valence-corrected chi connectivity index (χ3v) is 4.86. The third-order valence-electron chi connectivity index (χ3n) is 4.86. The summed E-state index contributed by atoms with van der Waals surface area (Å²) in [5.41, 5.74) is 2.36. The molecule has 0 spiro atoms. The molecule has 0 bridgehead atoms. The lowest BCUT2D eigenvalue weighted by Crippen LogP contribution is -2.26. The van der Waals surface area contributed by atoms with Crippen molar-refractivity contribution < 1.29 is 18.0 Å². The summed E-state index contributed by atoms with van der Waals surface area (Å²) in [7, 11) is 0. The molecule has 0 saturated carbocycles. The lowest BCUT2D eigenvalue weighted by atomic mass is 10.1. The maximum absolute atomic E-state index is 13.0. The van der Waals surface area contributed by atoms with Gasteiger partial charge in [0.05, 0.1) is 11.3 Å². The van der Waals surface area contributed by atoms with Crippen molar-refractivity contribution in [3.05, 3.63) is 83.3 Å². The van der Waals surface area contributed by atoms with Gasteiger partial charge in [0.25, 0.3) is 5.91 Å². The summed E-state index contributed by atoms with van der Waals surface area (Å²) < 4.78 is 40.2. The summed E-state index contributed by atoms with van der Waals surface area (Å²) >= 11 is 0. The number of nitrogens with zero attached hydrogens (tertiary/aromatic N) is 2. The molecule has 5 nitrogen and oxygen atoms in total. The van der Waals surface area contributed by atoms with Crippen LogP contribution in [0.1, 0.15) is 27.3 Å². The van der Waals surface area contributed by atoms with Gasteiger partial charge < -0.3 is 10.3 Å². The molecule has 0 radical (unpaired) electrons. The van der Waals surface area contributed by atoms with Crippen LogP contribution in [0.2, 0.25) is 0 Å². The molecule has 0 aliphatic carbocycles. The molecule has 1 amide bonds. The van der Waals surface area contributed by atoms with Crippen LogP contribution >= 0.6 is 0 Å². The van der Waals surface area contributed by atoms with Gasteiger partial charge in [0.2, 0.25) is 0 Å².